The van der Waals surface area contributed by atoms with Gasteiger partial charge < -0.3 is 20.2 Å². The van der Waals surface area contributed by atoms with Crippen molar-refractivity contribution in [2.45, 2.75) is 25.9 Å². The number of rotatable bonds is 2. The number of nitrogens with zero attached hydrogens (tertiary/aromatic N) is 4. The normalized spacial score (nSPS) is 14.9. The number of aryl methyl sites for hydroxylation is 1. The Labute approximate surface area is 167 Å². The molecule has 8 heteroatoms. The Morgan fingerprint density at radius 1 is 1.36 bits per heavy atom. The Morgan fingerprint density at radius 2 is 2.18 bits per heavy atom. The van der Waals surface area contributed by atoms with E-state index < -0.39 is 5.60 Å². The maximum absolute atomic E-state index is 10.7. The number of fused-ring (bicyclic) bond motifs is 1. The number of aromatic nitrogens is 3. The fraction of sp³-hybridized carbons (Fsp3) is 0.250. The van der Waals surface area contributed by atoms with E-state index in [0.717, 1.165) is 29.8 Å². The summed E-state index contributed by atoms with van der Waals surface area (Å²) in [5.74, 6) is 7.19. The lowest BCUT2D eigenvalue weighted by Gasteiger charge is -2.19. The van der Waals surface area contributed by atoms with Crippen molar-refractivity contribution in [1.82, 2.24) is 15.0 Å². The quantitative estimate of drug-likeness (QED) is 0.643. The maximum Gasteiger partial charge on any atom is 0.222 e. The second-order valence-corrected chi connectivity index (χ2v) is 7.13. The van der Waals surface area contributed by atoms with E-state index in [1.165, 1.54) is 12.6 Å². The Balaban J connectivity index is 1.69. The van der Waals surface area contributed by atoms with Crippen LogP contribution in [0.25, 0.3) is 0 Å². The van der Waals surface area contributed by atoms with Crippen LogP contribution < -0.4 is 10.6 Å². The third-order valence-electron chi connectivity index (χ3n) is 4.64. The van der Waals surface area contributed by atoms with E-state index in [-0.39, 0.29) is 5.95 Å². The number of benzene rings is 1. The summed E-state index contributed by atoms with van der Waals surface area (Å²) in [5.41, 5.74) is 7.60. The minimum atomic E-state index is -1.42. The van der Waals surface area contributed by atoms with Crippen molar-refractivity contribution in [2.24, 2.45) is 0 Å². The van der Waals surface area contributed by atoms with Crippen LogP contribution in [0, 0.1) is 18.8 Å². The molecule has 1 aromatic carbocycles. The first-order chi connectivity index (χ1) is 13.3. The molecule has 0 radical (unpaired) electrons. The molecule has 1 atom stereocenters. The van der Waals surface area contributed by atoms with Crippen molar-refractivity contribution in [2.75, 3.05) is 17.2 Å². The van der Waals surface area contributed by atoms with Gasteiger partial charge in [0.15, 0.2) is 17.8 Å². The van der Waals surface area contributed by atoms with E-state index in [2.05, 4.69) is 26.8 Å². The molecule has 0 spiro atoms. The zero-order valence-electron chi connectivity index (χ0n) is 15.4. The summed E-state index contributed by atoms with van der Waals surface area (Å²) in [5, 5.41) is 11.1. The molecule has 28 heavy (non-hydrogen) atoms. The Hall–Kier alpha value is -3.08. The molecule has 7 nitrogen and oxygen atoms in total. The molecule has 0 saturated heterocycles. The van der Waals surface area contributed by atoms with Gasteiger partial charge in [-0.05, 0) is 38.0 Å². The van der Waals surface area contributed by atoms with Gasteiger partial charge in [0.1, 0.15) is 16.5 Å². The van der Waals surface area contributed by atoms with E-state index in [1.807, 2.05) is 23.1 Å². The van der Waals surface area contributed by atoms with Gasteiger partial charge in [-0.15, -0.1) is 0 Å². The number of aliphatic hydroxyl groups is 1. The van der Waals surface area contributed by atoms with Gasteiger partial charge in [0, 0.05) is 17.8 Å². The van der Waals surface area contributed by atoms with Gasteiger partial charge in [-0.2, -0.15) is 4.98 Å². The standard InChI is InChI=1S/C20H18ClN5O2/c1-12-17(24-11-28-12)20(2,27)7-5-13-3-4-14-6-8-26(16(14)9-13)18-15(21)10-23-19(22)25-18/h3-4,9-11,27H,6,8H2,1-2H3,(H2,22,23,25). The van der Waals surface area contributed by atoms with Crippen molar-refractivity contribution in [3.05, 3.63) is 58.4 Å². The van der Waals surface area contributed by atoms with Crippen molar-refractivity contribution >= 4 is 29.1 Å². The average molecular weight is 396 g/mol. The first-order valence-electron chi connectivity index (χ1n) is 8.70. The fourth-order valence-corrected chi connectivity index (χ4v) is 3.46. The summed E-state index contributed by atoms with van der Waals surface area (Å²) < 4.78 is 5.17. The molecule has 3 aromatic rings. The Bertz CT molecular complexity index is 1110. The molecule has 0 amide bonds. The number of halogens is 1. The molecular weight excluding hydrogens is 378 g/mol. The van der Waals surface area contributed by atoms with Crippen molar-refractivity contribution in [3.63, 3.8) is 0 Å². The van der Waals surface area contributed by atoms with Crippen LogP contribution in [-0.4, -0.2) is 26.6 Å². The third kappa shape index (κ3) is 3.28. The van der Waals surface area contributed by atoms with Gasteiger partial charge in [0.05, 0.1) is 6.20 Å². The lowest BCUT2D eigenvalue weighted by molar-refractivity contribution is 0.116. The van der Waals surface area contributed by atoms with E-state index in [4.69, 9.17) is 21.8 Å². The molecule has 1 unspecified atom stereocenters. The number of nitrogens with two attached hydrogens (primary N) is 1. The number of hydrogen-bond acceptors (Lipinski definition) is 7. The molecule has 3 heterocycles. The first kappa shape index (κ1) is 18.3. The summed E-state index contributed by atoms with van der Waals surface area (Å²) in [6.45, 7) is 4.06. The van der Waals surface area contributed by atoms with E-state index in [0.29, 0.717) is 22.3 Å². The molecule has 142 valence electrons. The SMILES string of the molecule is Cc1ocnc1C(C)(O)C#Cc1ccc2c(c1)N(c1nc(N)ncc1Cl)CC2. The molecule has 0 fully saturated rings. The molecule has 3 N–H and O–H groups in total. The van der Waals surface area contributed by atoms with Crippen LogP contribution in [-0.2, 0) is 12.0 Å². The Morgan fingerprint density at radius 3 is 2.93 bits per heavy atom. The minimum absolute atomic E-state index is 0.169. The lowest BCUT2D eigenvalue weighted by Crippen LogP contribution is -2.20. The summed E-state index contributed by atoms with van der Waals surface area (Å²) >= 11 is 6.28. The van der Waals surface area contributed by atoms with Gasteiger partial charge >= 0.3 is 0 Å². The zero-order valence-corrected chi connectivity index (χ0v) is 16.2. The molecule has 1 aliphatic rings. The van der Waals surface area contributed by atoms with Crippen molar-refractivity contribution in [1.29, 1.82) is 0 Å². The second-order valence-electron chi connectivity index (χ2n) is 6.72. The van der Waals surface area contributed by atoms with Crippen LogP contribution in [0.1, 0.15) is 29.5 Å². The smallest absolute Gasteiger partial charge is 0.222 e. The molecule has 0 bridgehead atoms. The summed E-state index contributed by atoms with van der Waals surface area (Å²) in [6, 6.07) is 5.90. The predicted molar refractivity (Wildman–Crippen MR) is 106 cm³/mol. The van der Waals surface area contributed by atoms with Gasteiger partial charge in [-0.25, -0.2) is 9.97 Å². The van der Waals surface area contributed by atoms with Crippen LogP contribution in [0.3, 0.4) is 0 Å². The molecule has 0 aliphatic carbocycles. The number of hydrogen-bond donors (Lipinski definition) is 2. The molecular formula is C20H18ClN5O2. The van der Waals surface area contributed by atoms with Crippen LogP contribution in [0.2, 0.25) is 5.02 Å². The highest BCUT2D eigenvalue weighted by molar-refractivity contribution is 6.33. The summed E-state index contributed by atoms with van der Waals surface area (Å²) in [6.07, 6.45) is 3.66. The van der Waals surface area contributed by atoms with E-state index in [9.17, 15) is 5.11 Å². The van der Waals surface area contributed by atoms with Crippen LogP contribution in [0.15, 0.2) is 35.2 Å². The van der Waals surface area contributed by atoms with E-state index >= 15 is 0 Å². The number of anilines is 3. The summed E-state index contributed by atoms with van der Waals surface area (Å²) in [7, 11) is 0. The minimum Gasteiger partial charge on any atom is -0.448 e. The molecule has 0 saturated carbocycles. The first-order valence-corrected chi connectivity index (χ1v) is 9.07. The van der Waals surface area contributed by atoms with E-state index in [1.54, 1.807) is 13.8 Å². The average Bonchev–Trinajstić information content (AvgIpc) is 3.28. The lowest BCUT2D eigenvalue weighted by atomic mass is 10.0. The molecule has 2 aromatic heterocycles. The Kier molecular flexibility index (Phi) is 4.46. The highest BCUT2D eigenvalue weighted by atomic mass is 35.5. The fourth-order valence-electron chi connectivity index (χ4n) is 3.26. The molecule has 1 aliphatic heterocycles. The van der Waals surface area contributed by atoms with Gasteiger partial charge in [-0.3, -0.25) is 0 Å². The van der Waals surface area contributed by atoms with Crippen LogP contribution >= 0.6 is 11.6 Å². The van der Waals surface area contributed by atoms with Crippen LogP contribution in [0.4, 0.5) is 17.5 Å². The topological polar surface area (TPSA) is 101 Å². The summed E-state index contributed by atoms with van der Waals surface area (Å²) in [4.78, 5) is 14.3. The monoisotopic (exact) mass is 395 g/mol. The maximum atomic E-state index is 10.7. The predicted octanol–water partition coefficient (Wildman–Crippen LogP) is 2.96. The highest BCUT2D eigenvalue weighted by Crippen LogP contribution is 2.37. The van der Waals surface area contributed by atoms with Gasteiger partial charge in [0.2, 0.25) is 5.95 Å². The van der Waals surface area contributed by atoms with Crippen molar-refractivity contribution < 1.29 is 9.52 Å². The largest absolute Gasteiger partial charge is 0.448 e. The number of oxazole rings is 1. The van der Waals surface area contributed by atoms with Crippen LogP contribution in [0.5, 0.6) is 0 Å². The second kappa shape index (κ2) is 6.82. The van der Waals surface area contributed by atoms with Gasteiger partial charge in [0.25, 0.3) is 0 Å². The highest BCUT2D eigenvalue weighted by Gasteiger charge is 2.27. The number of nitrogen functional groups attached to an aromatic ring is 1. The molecule has 4 rings (SSSR count). The van der Waals surface area contributed by atoms with Gasteiger partial charge in [-0.1, -0.05) is 29.5 Å². The third-order valence-corrected chi connectivity index (χ3v) is 4.90. The zero-order chi connectivity index (χ0) is 19.9. The van der Waals surface area contributed by atoms with Crippen molar-refractivity contribution in [3.8, 4) is 11.8 Å².